The summed E-state index contributed by atoms with van der Waals surface area (Å²) in [6.07, 6.45) is -1.79. The Morgan fingerprint density at radius 2 is 1.71 bits per heavy atom. The van der Waals surface area contributed by atoms with Gasteiger partial charge in [0.1, 0.15) is 12.2 Å². The number of amides is 2. The first-order chi connectivity index (χ1) is 17.8. The largest absolute Gasteiger partial charge is 0.505 e. The van der Waals surface area contributed by atoms with Crippen molar-refractivity contribution >= 4 is 35.9 Å². The van der Waals surface area contributed by atoms with Crippen LogP contribution in [0.1, 0.15) is 71.2 Å². The van der Waals surface area contributed by atoms with Crippen LogP contribution in [0.25, 0.3) is 0 Å². The summed E-state index contributed by atoms with van der Waals surface area (Å²) in [5, 5.41) is 15.1. The number of carbonyl (C=O) groups excluding carboxylic acids is 5. The Hall–Kier alpha value is -3.63. The van der Waals surface area contributed by atoms with Gasteiger partial charge < -0.3 is 30.0 Å². The molecule has 2 rings (SSSR count). The maximum Gasteiger partial charge on any atom is 0.332 e. The van der Waals surface area contributed by atoms with Crippen LogP contribution in [0.2, 0.25) is 0 Å². The van der Waals surface area contributed by atoms with Gasteiger partial charge in [0.05, 0.1) is 17.2 Å². The second-order valence-electron chi connectivity index (χ2n) is 10.3. The normalized spacial score (nSPS) is 23.9. The third kappa shape index (κ3) is 8.19. The molecular weight excluding hydrogens is 496 g/mol. The van der Waals surface area contributed by atoms with Gasteiger partial charge in [-0.15, -0.1) is 0 Å². The Bertz CT molecular complexity index is 1020. The molecule has 1 aliphatic rings. The van der Waals surface area contributed by atoms with Gasteiger partial charge in [0.15, 0.2) is 17.9 Å². The number of carbonyl (C=O) groups is 5. The smallest absolute Gasteiger partial charge is 0.332 e. The van der Waals surface area contributed by atoms with Crippen LogP contribution in [0.5, 0.6) is 5.75 Å². The summed E-state index contributed by atoms with van der Waals surface area (Å²) in [4.78, 5) is 62.8. The number of nitrogens with one attached hydrogen (secondary N) is 2. The topological polar surface area (TPSA) is 157 Å². The molecule has 1 heterocycles. The van der Waals surface area contributed by atoms with Crippen molar-refractivity contribution in [3.63, 3.8) is 0 Å². The Balaban J connectivity index is 2.36. The van der Waals surface area contributed by atoms with Crippen LogP contribution in [-0.2, 0) is 33.4 Å². The number of hydrogen-bond acceptors (Lipinski definition) is 9. The highest BCUT2D eigenvalue weighted by atomic mass is 16.6. The van der Waals surface area contributed by atoms with Gasteiger partial charge in [-0.2, -0.15) is 0 Å². The average Bonchev–Trinajstić information content (AvgIpc) is 2.84. The van der Waals surface area contributed by atoms with Gasteiger partial charge in [-0.3, -0.25) is 19.2 Å². The molecule has 1 saturated heterocycles. The summed E-state index contributed by atoms with van der Waals surface area (Å²) in [6, 6.07) is 2.70. The summed E-state index contributed by atoms with van der Waals surface area (Å²) in [7, 11) is 0. The van der Waals surface area contributed by atoms with E-state index in [4.69, 9.17) is 14.2 Å². The lowest BCUT2D eigenvalue weighted by atomic mass is 9.90. The SMILES string of the molecule is CC(C)CC[C@H]1C(=O)O[C@H](C)C(NC(=O)c2cccc(NC=O)c2O)C(=O)O[C@@H](C)[C@@H]1OC(=O)CC(C)C. The molecule has 0 radical (unpaired) electrons. The minimum Gasteiger partial charge on any atom is -0.505 e. The molecule has 210 valence electrons. The Morgan fingerprint density at radius 1 is 1.05 bits per heavy atom. The zero-order valence-corrected chi connectivity index (χ0v) is 22.7. The van der Waals surface area contributed by atoms with Crippen LogP contribution < -0.4 is 10.6 Å². The van der Waals surface area contributed by atoms with Crippen molar-refractivity contribution < 1.29 is 43.3 Å². The van der Waals surface area contributed by atoms with Gasteiger partial charge in [0, 0.05) is 6.42 Å². The quantitative estimate of drug-likeness (QED) is 0.178. The van der Waals surface area contributed by atoms with Crippen LogP contribution in [0, 0.1) is 17.8 Å². The fraction of sp³-hybridized carbons (Fsp3) is 0.593. The van der Waals surface area contributed by atoms with Gasteiger partial charge >= 0.3 is 17.9 Å². The van der Waals surface area contributed by atoms with Crippen LogP contribution in [-0.4, -0.2) is 59.7 Å². The van der Waals surface area contributed by atoms with Crippen molar-refractivity contribution in [3.05, 3.63) is 23.8 Å². The summed E-state index contributed by atoms with van der Waals surface area (Å²) in [5.74, 6) is -4.07. The van der Waals surface area contributed by atoms with E-state index in [1.165, 1.54) is 32.0 Å². The van der Waals surface area contributed by atoms with Gasteiger partial charge in [-0.1, -0.05) is 40.2 Å². The number of cyclic esters (lactones) is 2. The van der Waals surface area contributed by atoms with Crippen molar-refractivity contribution in [2.45, 2.75) is 85.2 Å². The molecule has 0 aliphatic carbocycles. The third-order valence-corrected chi connectivity index (χ3v) is 6.17. The molecule has 1 fully saturated rings. The van der Waals surface area contributed by atoms with E-state index < -0.39 is 59.8 Å². The summed E-state index contributed by atoms with van der Waals surface area (Å²) in [6.45, 7) is 10.7. The van der Waals surface area contributed by atoms with Crippen molar-refractivity contribution in [1.82, 2.24) is 5.32 Å². The first kappa shape index (κ1) is 30.6. The average molecular weight is 535 g/mol. The molecule has 1 aliphatic heterocycles. The van der Waals surface area contributed by atoms with Crippen LogP contribution in [0.4, 0.5) is 5.69 Å². The molecule has 0 aromatic heterocycles. The molecule has 2 amide bonds. The first-order valence-electron chi connectivity index (χ1n) is 12.8. The van der Waals surface area contributed by atoms with E-state index in [1.807, 2.05) is 27.7 Å². The number of rotatable bonds is 10. The molecule has 11 heteroatoms. The van der Waals surface area contributed by atoms with Gasteiger partial charge in [0.25, 0.3) is 5.91 Å². The van der Waals surface area contributed by atoms with Gasteiger partial charge in [-0.25, -0.2) is 4.79 Å². The van der Waals surface area contributed by atoms with Crippen LogP contribution >= 0.6 is 0 Å². The predicted molar refractivity (Wildman–Crippen MR) is 137 cm³/mol. The van der Waals surface area contributed by atoms with Gasteiger partial charge in [-0.05, 0) is 44.2 Å². The number of esters is 3. The fourth-order valence-electron chi connectivity index (χ4n) is 4.12. The Morgan fingerprint density at radius 3 is 2.32 bits per heavy atom. The number of benzene rings is 1. The van der Waals surface area contributed by atoms with Crippen molar-refractivity contribution in [2.75, 3.05) is 5.32 Å². The number of phenols is 1. The number of anilines is 1. The van der Waals surface area contributed by atoms with Crippen molar-refractivity contribution in [1.29, 1.82) is 0 Å². The maximum atomic E-state index is 13.3. The highest BCUT2D eigenvalue weighted by Gasteiger charge is 2.44. The zero-order valence-electron chi connectivity index (χ0n) is 22.7. The molecule has 0 saturated carbocycles. The standard InChI is InChI=1S/C27H38N2O9/c1-14(2)10-11-19-24(38-21(31)12-15(3)4)17(6)37-27(35)22(16(5)36-26(19)34)29-25(33)18-8-7-9-20(23(18)32)28-13-30/h7-9,13-17,19,22,24,32H,10-12H2,1-6H3,(H,28,30)(H,29,33)/t16-,17+,19-,22?,24+/m1/s1. The lowest BCUT2D eigenvalue weighted by Gasteiger charge is -2.29. The predicted octanol–water partition coefficient (Wildman–Crippen LogP) is 2.95. The van der Waals surface area contributed by atoms with E-state index in [9.17, 15) is 29.1 Å². The molecule has 38 heavy (non-hydrogen) atoms. The first-order valence-corrected chi connectivity index (χ1v) is 12.8. The van der Waals surface area contributed by atoms with E-state index in [-0.39, 0.29) is 29.5 Å². The van der Waals surface area contributed by atoms with E-state index >= 15 is 0 Å². The zero-order chi connectivity index (χ0) is 28.6. The number of phenolic OH excluding ortho intramolecular Hbond substituents is 1. The summed E-state index contributed by atoms with van der Waals surface area (Å²) >= 11 is 0. The molecule has 1 unspecified atom stereocenters. The fourth-order valence-corrected chi connectivity index (χ4v) is 4.12. The number of para-hydroxylation sites is 1. The molecule has 0 spiro atoms. The molecule has 0 bridgehead atoms. The monoisotopic (exact) mass is 534 g/mol. The second kappa shape index (κ2) is 13.8. The lowest BCUT2D eigenvalue weighted by molar-refractivity contribution is -0.175. The van der Waals surface area contributed by atoms with E-state index in [0.717, 1.165) is 0 Å². The molecule has 1 aromatic carbocycles. The van der Waals surface area contributed by atoms with Gasteiger partial charge in [0.2, 0.25) is 6.41 Å². The highest BCUT2D eigenvalue weighted by molar-refractivity contribution is 6.01. The highest BCUT2D eigenvalue weighted by Crippen LogP contribution is 2.29. The van der Waals surface area contributed by atoms with Crippen LogP contribution in [0.15, 0.2) is 18.2 Å². The molecule has 1 aromatic rings. The van der Waals surface area contributed by atoms with E-state index in [0.29, 0.717) is 19.3 Å². The summed E-state index contributed by atoms with van der Waals surface area (Å²) in [5.41, 5.74) is -0.219. The van der Waals surface area contributed by atoms with Crippen molar-refractivity contribution in [2.24, 2.45) is 17.8 Å². The number of hydrogen-bond donors (Lipinski definition) is 3. The minimum atomic E-state index is -1.42. The Labute approximate surface area is 222 Å². The molecule has 3 N–H and O–H groups in total. The third-order valence-electron chi connectivity index (χ3n) is 6.17. The minimum absolute atomic E-state index is 0.00292. The number of ether oxygens (including phenoxy) is 3. The van der Waals surface area contributed by atoms with E-state index in [1.54, 1.807) is 0 Å². The van der Waals surface area contributed by atoms with Crippen molar-refractivity contribution in [3.8, 4) is 5.75 Å². The lowest BCUT2D eigenvalue weighted by Crippen LogP contribution is -2.50. The second-order valence-corrected chi connectivity index (χ2v) is 10.3. The maximum absolute atomic E-state index is 13.3. The van der Waals surface area contributed by atoms with E-state index in [2.05, 4.69) is 10.6 Å². The molecule has 5 atom stereocenters. The Kier molecular flexibility index (Phi) is 11.1. The molecular formula is C27H38N2O9. The summed E-state index contributed by atoms with van der Waals surface area (Å²) < 4.78 is 16.9. The number of aromatic hydroxyl groups is 1. The molecule has 11 nitrogen and oxygen atoms in total. The van der Waals surface area contributed by atoms with Crippen LogP contribution in [0.3, 0.4) is 0 Å².